The quantitative estimate of drug-likeness (QED) is 0.823. The third-order valence-corrected chi connectivity index (χ3v) is 3.91. The molecule has 0 amide bonds. The summed E-state index contributed by atoms with van der Waals surface area (Å²) in [4.78, 5) is 0. The molecule has 0 aliphatic carbocycles. The summed E-state index contributed by atoms with van der Waals surface area (Å²) in [7, 11) is 0. The van der Waals surface area contributed by atoms with E-state index >= 15 is 0 Å². The van der Waals surface area contributed by atoms with E-state index in [0.29, 0.717) is 12.2 Å². The Hall–Kier alpha value is -1.59. The van der Waals surface area contributed by atoms with Crippen LogP contribution in [0.25, 0.3) is 0 Å². The Morgan fingerprint density at radius 1 is 1.43 bits per heavy atom. The summed E-state index contributed by atoms with van der Waals surface area (Å²) in [5.41, 5.74) is 3.53. The van der Waals surface area contributed by atoms with Gasteiger partial charge in [0.2, 0.25) is 0 Å². The van der Waals surface area contributed by atoms with Crippen LogP contribution in [0.1, 0.15) is 49.1 Å². The van der Waals surface area contributed by atoms with E-state index < -0.39 is 6.10 Å². The second-order valence-corrected chi connectivity index (χ2v) is 5.51. The SMILES string of the molecule is CCn1nc(C)c(CNC(C)CC(O)c2ccco2)c1C. The Balaban J connectivity index is 1.89. The number of aliphatic hydroxyl groups is 1. The number of nitrogens with zero attached hydrogens (tertiary/aromatic N) is 2. The minimum absolute atomic E-state index is 0.189. The first kappa shape index (κ1) is 15.8. The molecule has 0 saturated carbocycles. The second kappa shape index (κ2) is 6.91. The Bertz CT molecular complexity index is 560. The molecule has 2 heterocycles. The maximum atomic E-state index is 10.1. The molecule has 2 aromatic heterocycles. The summed E-state index contributed by atoms with van der Waals surface area (Å²) >= 11 is 0. The second-order valence-electron chi connectivity index (χ2n) is 5.51. The summed E-state index contributed by atoms with van der Waals surface area (Å²) < 4.78 is 7.25. The topological polar surface area (TPSA) is 63.2 Å². The first-order valence-electron chi connectivity index (χ1n) is 7.50. The third-order valence-electron chi connectivity index (χ3n) is 3.91. The predicted octanol–water partition coefficient (Wildman–Crippen LogP) is 2.71. The molecule has 5 nitrogen and oxygen atoms in total. The Morgan fingerprint density at radius 3 is 2.76 bits per heavy atom. The minimum atomic E-state index is -0.567. The molecule has 0 bridgehead atoms. The monoisotopic (exact) mass is 291 g/mol. The van der Waals surface area contributed by atoms with Gasteiger partial charge in [0.15, 0.2) is 0 Å². The average Bonchev–Trinajstić information content (AvgIpc) is 3.06. The fraction of sp³-hybridized carbons (Fsp3) is 0.562. The number of aliphatic hydroxyl groups excluding tert-OH is 1. The lowest BCUT2D eigenvalue weighted by Gasteiger charge is -2.17. The van der Waals surface area contributed by atoms with E-state index in [4.69, 9.17) is 4.42 Å². The van der Waals surface area contributed by atoms with Crippen LogP contribution in [0, 0.1) is 13.8 Å². The minimum Gasteiger partial charge on any atom is -0.467 e. The molecule has 2 rings (SSSR count). The van der Waals surface area contributed by atoms with E-state index in [1.165, 1.54) is 11.3 Å². The Kier molecular flexibility index (Phi) is 5.20. The van der Waals surface area contributed by atoms with Crippen molar-refractivity contribution in [3.8, 4) is 0 Å². The van der Waals surface area contributed by atoms with Crippen LogP contribution in [0.4, 0.5) is 0 Å². The van der Waals surface area contributed by atoms with E-state index in [-0.39, 0.29) is 6.04 Å². The average molecular weight is 291 g/mol. The summed E-state index contributed by atoms with van der Waals surface area (Å²) in [5, 5.41) is 18.1. The van der Waals surface area contributed by atoms with Gasteiger partial charge >= 0.3 is 0 Å². The number of nitrogens with one attached hydrogen (secondary N) is 1. The first-order valence-corrected chi connectivity index (χ1v) is 7.50. The lowest BCUT2D eigenvalue weighted by molar-refractivity contribution is 0.128. The van der Waals surface area contributed by atoms with Crippen molar-refractivity contribution in [3.63, 3.8) is 0 Å². The smallest absolute Gasteiger partial charge is 0.132 e. The highest BCUT2D eigenvalue weighted by Gasteiger charge is 2.16. The van der Waals surface area contributed by atoms with Crippen molar-refractivity contribution in [1.82, 2.24) is 15.1 Å². The van der Waals surface area contributed by atoms with Gasteiger partial charge in [-0.15, -0.1) is 0 Å². The van der Waals surface area contributed by atoms with Crippen LogP contribution in [0.2, 0.25) is 0 Å². The maximum Gasteiger partial charge on any atom is 0.132 e. The van der Waals surface area contributed by atoms with E-state index in [0.717, 1.165) is 18.8 Å². The molecule has 0 aliphatic rings. The van der Waals surface area contributed by atoms with Crippen LogP contribution in [0.15, 0.2) is 22.8 Å². The number of hydrogen-bond donors (Lipinski definition) is 2. The van der Waals surface area contributed by atoms with Gasteiger partial charge in [-0.1, -0.05) is 0 Å². The lowest BCUT2D eigenvalue weighted by atomic mass is 10.1. The highest BCUT2D eigenvalue weighted by molar-refractivity contribution is 5.24. The van der Waals surface area contributed by atoms with Gasteiger partial charge in [-0.3, -0.25) is 4.68 Å². The molecular formula is C16H25N3O2. The molecule has 0 spiro atoms. The normalized spacial score (nSPS) is 14.3. The van der Waals surface area contributed by atoms with Gasteiger partial charge in [0.25, 0.3) is 0 Å². The number of rotatable bonds is 7. The standard InChI is InChI=1S/C16H25N3O2/c1-5-19-13(4)14(12(3)18-19)10-17-11(2)9-15(20)16-7-6-8-21-16/h6-8,11,15,17,20H,5,9-10H2,1-4H3. The van der Waals surface area contributed by atoms with E-state index in [2.05, 4.69) is 31.2 Å². The molecule has 2 unspecified atom stereocenters. The van der Waals surface area contributed by atoms with Crippen LogP contribution < -0.4 is 5.32 Å². The molecule has 2 aromatic rings. The van der Waals surface area contributed by atoms with E-state index in [1.807, 2.05) is 11.6 Å². The fourth-order valence-corrected chi connectivity index (χ4v) is 2.59. The van der Waals surface area contributed by atoms with Crippen molar-refractivity contribution in [2.45, 2.75) is 59.4 Å². The van der Waals surface area contributed by atoms with Gasteiger partial charge in [-0.25, -0.2) is 0 Å². The van der Waals surface area contributed by atoms with Gasteiger partial charge in [0.05, 0.1) is 12.0 Å². The van der Waals surface area contributed by atoms with Gasteiger partial charge in [0, 0.05) is 30.4 Å². The van der Waals surface area contributed by atoms with Gasteiger partial charge in [-0.05, 0) is 46.2 Å². The van der Waals surface area contributed by atoms with Crippen molar-refractivity contribution < 1.29 is 9.52 Å². The maximum absolute atomic E-state index is 10.1. The van der Waals surface area contributed by atoms with E-state index in [1.54, 1.807) is 18.4 Å². The molecule has 0 saturated heterocycles. The van der Waals surface area contributed by atoms with E-state index in [9.17, 15) is 5.11 Å². The number of aromatic nitrogens is 2. The molecular weight excluding hydrogens is 266 g/mol. The zero-order valence-corrected chi connectivity index (χ0v) is 13.3. The molecule has 0 aliphatic heterocycles. The molecule has 21 heavy (non-hydrogen) atoms. The van der Waals surface area contributed by atoms with Crippen molar-refractivity contribution in [3.05, 3.63) is 41.1 Å². The number of aryl methyl sites for hydroxylation is 2. The molecule has 5 heteroatoms. The molecule has 116 valence electrons. The lowest BCUT2D eigenvalue weighted by Crippen LogP contribution is -2.27. The molecule has 0 fully saturated rings. The van der Waals surface area contributed by atoms with Crippen molar-refractivity contribution in [2.75, 3.05) is 0 Å². The summed E-state index contributed by atoms with van der Waals surface area (Å²) in [5.74, 6) is 0.620. The largest absolute Gasteiger partial charge is 0.467 e. The highest BCUT2D eigenvalue weighted by Crippen LogP contribution is 2.19. The third kappa shape index (κ3) is 3.74. The summed E-state index contributed by atoms with van der Waals surface area (Å²) in [6.07, 6.45) is 1.64. The van der Waals surface area contributed by atoms with Gasteiger partial charge in [0.1, 0.15) is 11.9 Å². The molecule has 0 aromatic carbocycles. The summed E-state index contributed by atoms with van der Waals surface area (Å²) in [6, 6.07) is 3.79. The first-order chi connectivity index (χ1) is 10.0. The Labute approximate surface area is 126 Å². The predicted molar refractivity (Wildman–Crippen MR) is 82.0 cm³/mol. The number of hydrogen-bond acceptors (Lipinski definition) is 4. The fourth-order valence-electron chi connectivity index (χ4n) is 2.59. The van der Waals surface area contributed by atoms with Gasteiger partial charge < -0.3 is 14.8 Å². The van der Waals surface area contributed by atoms with Crippen LogP contribution in [0.5, 0.6) is 0 Å². The molecule has 2 atom stereocenters. The zero-order valence-electron chi connectivity index (χ0n) is 13.3. The highest BCUT2D eigenvalue weighted by atomic mass is 16.4. The van der Waals surface area contributed by atoms with Crippen molar-refractivity contribution in [2.24, 2.45) is 0 Å². The molecule has 0 radical (unpaired) electrons. The summed E-state index contributed by atoms with van der Waals surface area (Å²) in [6.45, 7) is 9.96. The van der Waals surface area contributed by atoms with Crippen LogP contribution in [-0.4, -0.2) is 20.9 Å². The van der Waals surface area contributed by atoms with Gasteiger partial charge in [-0.2, -0.15) is 5.10 Å². The zero-order chi connectivity index (χ0) is 15.4. The van der Waals surface area contributed by atoms with Crippen LogP contribution in [0.3, 0.4) is 0 Å². The van der Waals surface area contributed by atoms with Crippen LogP contribution in [-0.2, 0) is 13.1 Å². The Morgan fingerprint density at radius 2 is 2.19 bits per heavy atom. The van der Waals surface area contributed by atoms with Crippen molar-refractivity contribution in [1.29, 1.82) is 0 Å². The molecule has 2 N–H and O–H groups in total. The number of furan rings is 1. The van der Waals surface area contributed by atoms with Crippen molar-refractivity contribution >= 4 is 0 Å². The van der Waals surface area contributed by atoms with Crippen LogP contribution >= 0.6 is 0 Å².